The van der Waals surface area contributed by atoms with Gasteiger partial charge in [0.1, 0.15) is 12.2 Å². The minimum Gasteiger partial charge on any atom is -0.377 e. The highest BCUT2D eigenvalue weighted by Crippen LogP contribution is 2.21. The summed E-state index contributed by atoms with van der Waals surface area (Å²) in [4.78, 5) is 18.1. The molecule has 1 fully saturated rings. The molecule has 2 heterocycles. The third kappa shape index (κ3) is 2.67. The number of hydrazine groups is 1. The van der Waals surface area contributed by atoms with E-state index in [1.807, 2.05) is 0 Å². The minimum absolute atomic E-state index is 0.111. The number of carbonyl (C=O) groups is 1. The molecular weight excluding hydrogens is 248 g/mol. The average molecular weight is 266 g/mol. The maximum atomic E-state index is 12.4. The van der Waals surface area contributed by atoms with E-state index >= 15 is 0 Å². The van der Waals surface area contributed by atoms with Crippen LogP contribution < -0.4 is 11.3 Å². The Morgan fingerprint density at radius 2 is 2.05 bits per heavy atom. The number of nitrogens with two attached hydrogens (primary N) is 1. The third-order valence-corrected chi connectivity index (χ3v) is 3.32. The molecule has 1 aromatic rings. The van der Waals surface area contributed by atoms with Crippen molar-refractivity contribution in [2.45, 2.75) is 12.2 Å². The van der Waals surface area contributed by atoms with Crippen LogP contribution in [0.1, 0.15) is 10.4 Å². The van der Waals surface area contributed by atoms with Crippen LogP contribution in [0.3, 0.4) is 0 Å². The number of likely N-dealkylation sites (tertiary alicyclic amines) is 1. The number of hydrogen-bond donors (Lipinski definition) is 2. The van der Waals surface area contributed by atoms with E-state index in [-0.39, 0.29) is 18.1 Å². The van der Waals surface area contributed by atoms with Crippen molar-refractivity contribution in [2.75, 3.05) is 32.7 Å². The molecule has 104 valence electrons. The molecule has 0 aliphatic carbocycles. The summed E-state index contributed by atoms with van der Waals surface area (Å²) in [5.74, 6) is 5.26. The Balaban J connectivity index is 2.17. The van der Waals surface area contributed by atoms with Gasteiger partial charge in [-0.1, -0.05) is 0 Å². The van der Waals surface area contributed by atoms with E-state index in [2.05, 4.69) is 10.4 Å². The van der Waals surface area contributed by atoms with Gasteiger partial charge in [0.15, 0.2) is 0 Å². The van der Waals surface area contributed by atoms with Crippen molar-refractivity contribution in [3.05, 3.63) is 24.0 Å². The molecule has 0 spiro atoms. The normalized spacial score (nSPS) is 22.6. The lowest BCUT2D eigenvalue weighted by Gasteiger charge is -2.17. The lowest BCUT2D eigenvalue weighted by atomic mass is 10.2. The highest BCUT2D eigenvalue weighted by atomic mass is 16.5. The average Bonchev–Trinajstić information content (AvgIpc) is 2.89. The van der Waals surface area contributed by atoms with E-state index < -0.39 is 0 Å². The Bertz CT molecular complexity index is 442. The third-order valence-electron chi connectivity index (χ3n) is 3.32. The second-order valence-corrected chi connectivity index (χ2v) is 4.32. The number of ether oxygens (including phenoxy) is 2. The van der Waals surface area contributed by atoms with Gasteiger partial charge < -0.3 is 19.8 Å². The van der Waals surface area contributed by atoms with Crippen molar-refractivity contribution in [3.8, 4) is 0 Å². The topological polar surface area (TPSA) is 89.7 Å². The Labute approximate surface area is 111 Å². The highest BCUT2D eigenvalue weighted by Gasteiger charge is 2.36. The summed E-state index contributed by atoms with van der Waals surface area (Å²) < 4.78 is 10.6. The summed E-state index contributed by atoms with van der Waals surface area (Å²) in [5.41, 5.74) is 3.49. The second-order valence-electron chi connectivity index (χ2n) is 4.32. The van der Waals surface area contributed by atoms with E-state index in [0.29, 0.717) is 24.3 Å². The quantitative estimate of drug-likeness (QED) is 0.582. The van der Waals surface area contributed by atoms with Crippen LogP contribution in [0.25, 0.3) is 0 Å². The van der Waals surface area contributed by atoms with Gasteiger partial charge in [0.2, 0.25) is 0 Å². The van der Waals surface area contributed by atoms with Crippen LogP contribution in [0.4, 0.5) is 5.69 Å². The molecule has 3 N–H and O–H groups in total. The Kier molecular flexibility index (Phi) is 4.31. The van der Waals surface area contributed by atoms with Crippen LogP contribution >= 0.6 is 0 Å². The zero-order chi connectivity index (χ0) is 13.8. The molecule has 2 unspecified atom stereocenters. The molecule has 0 aromatic carbocycles. The smallest absolute Gasteiger partial charge is 0.257 e. The van der Waals surface area contributed by atoms with Crippen molar-refractivity contribution in [1.29, 1.82) is 0 Å². The van der Waals surface area contributed by atoms with Gasteiger partial charge >= 0.3 is 0 Å². The van der Waals surface area contributed by atoms with Crippen LogP contribution in [0.2, 0.25) is 0 Å². The lowest BCUT2D eigenvalue weighted by Crippen LogP contribution is -2.31. The number of hydrogen-bond acceptors (Lipinski definition) is 6. The first-order chi connectivity index (χ1) is 9.21. The molecule has 1 amide bonds. The second kappa shape index (κ2) is 5.96. The number of nitrogens with zero attached hydrogens (tertiary/aromatic N) is 2. The van der Waals surface area contributed by atoms with Gasteiger partial charge in [0.25, 0.3) is 5.91 Å². The molecule has 2 rings (SSSR count). The predicted molar refractivity (Wildman–Crippen MR) is 69.5 cm³/mol. The van der Waals surface area contributed by atoms with Crippen molar-refractivity contribution in [2.24, 2.45) is 5.84 Å². The number of rotatable bonds is 4. The summed E-state index contributed by atoms with van der Waals surface area (Å²) in [6, 6.07) is 1.66. The van der Waals surface area contributed by atoms with E-state index in [1.165, 1.54) is 6.20 Å². The van der Waals surface area contributed by atoms with E-state index in [1.54, 1.807) is 31.4 Å². The van der Waals surface area contributed by atoms with Crippen LogP contribution in [-0.4, -0.2) is 55.3 Å². The summed E-state index contributed by atoms with van der Waals surface area (Å²) >= 11 is 0. The van der Waals surface area contributed by atoms with Crippen LogP contribution in [-0.2, 0) is 9.47 Å². The number of pyridine rings is 1. The predicted octanol–water partition coefficient (Wildman–Crippen LogP) is -0.147. The molecule has 7 heteroatoms. The van der Waals surface area contributed by atoms with Gasteiger partial charge in [-0.15, -0.1) is 0 Å². The monoisotopic (exact) mass is 266 g/mol. The van der Waals surface area contributed by atoms with Crippen LogP contribution in [0.5, 0.6) is 0 Å². The highest BCUT2D eigenvalue weighted by molar-refractivity contribution is 5.99. The van der Waals surface area contributed by atoms with Gasteiger partial charge in [-0.3, -0.25) is 15.6 Å². The van der Waals surface area contributed by atoms with Crippen molar-refractivity contribution in [1.82, 2.24) is 9.88 Å². The summed E-state index contributed by atoms with van der Waals surface area (Å²) in [6.45, 7) is 0.986. The first-order valence-electron chi connectivity index (χ1n) is 5.96. The van der Waals surface area contributed by atoms with Crippen molar-refractivity contribution in [3.63, 3.8) is 0 Å². The van der Waals surface area contributed by atoms with Gasteiger partial charge in [-0.2, -0.15) is 0 Å². The molecule has 1 saturated heterocycles. The largest absolute Gasteiger partial charge is 0.377 e. The zero-order valence-electron chi connectivity index (χ0n) is 11.0. The summed E-state index contributed by atoms with van der Waals surface area (Å²) in [6.07, 6.45) is 2.85. The Morgan fingerprint density at radius 3 is 2.58 bits per heavy atom. The maximum absolute atomic E-state index is 12.4. The van der Waals surface area contributed by atoms with Gasteiger partial charge in [-0.25, -0.2) is 0 Å². The molecule has 0 bridgehead atoms. The standard InChI is InChI=1S/C12H18N4O3/c1-18-10-6-16(7-11(10)19-2)12(17)8-5-14-4-3-9(8)15-13/h3-5,10-11H,6-7,13H2,1-2H3,(H,14,15). The minimum atomic E-state index is -0.136. The number of nitrogens with one attached hydrogen (secondary N) is 1. The molecule has 19 heavy (non-hydrogen) atoms. The SMILES string of the molecule is COC1CN(C(=O)c2cnccc2NN)CC1OC. The van der Waals surface area contributed by atoms with Crippen LogP contribution in [0, 0.1) is 0 Å². The van der Waals surface area contributed by atoms with Crippen molar-refractivity contribution < 1.29 is 14.3 Å². The fraction of sp³-hybridized carbons (Fsp3) is 0.500. The first kappa shape index (κ1) is 13.7. The van der Waals surface area contributed by atoms with E-state index in [9.17, 15) is 4.79 Å². The molecule has 2 atom stereocenters. The maximum Gasteiger partial charge on any atom is 0.257 e. The van der Waals surface area contributed by atoms with Gasteiger partial charge in [-0.05, 0) is 6.07 Å². The fourth-order valence-corrected chi connectivity index (χ4v) is 2.22. The number of nitrogen functional groups attached to an aromatic ring is 1. The van der Waals surface area contributed by atoms with Crippen molar-refractivity contribution >= 4 is 11.6 Å². The van der Waals surface area contributed by atoms with E-state index in [0.717, 1.165) is 0 Å². The fourth-order valence-electron chi connectivity index (χ4n) is 2.22. The molecule has 0 saturated carbocycles. The summed E-state index contributed by atoms with van der Waals surface area (Å²) in [5, 5.41) is 0. The molecule has 1 aliphatic rings. The number of amides is 1. The van der Waals surface area contributed by atoms with Crippen LogP contribution in [0.15, 0.2) is 18.5 Å². The molecule has 7 nitrogen and oxygen atoms in total. The summed E-state index contributed by atoms with van der Waals surface area (Å²) in [7, 11) is 3.23. The lowest BCUT2D eigenvalue weighted by molar-refractivity contribution is -0.00461. The molecule has 0 radical (unpaired) electrons. The molecule has 1 aliphatic heterocycles. The van der Waals surface area contributed by atoms with Gasteiger partial charge in [0, 0.05) is 39.7 Å². The number of aromatic nitrogens is 1. The zero-order valence-corrected chi connectivity index (χ0v) is 11.0. The molecule has 1 aromatic heterocycles. The number of anilines is 1. The van der Waals surface area contributed by atoms with E-state index in [4.69, 9.17) is 15.3 Å². The Hall–Kier alpha value is -1.70. The number of carbonyl (C=O) groups excluding carboxylic acids is 1. The first-order valence-corrected chi connectivity index (χ1v) is 5.96. The number of methoxy groups -OCH3 is 2. The Morgan fingerprint density at radius 1 is 1.42 bits per heavy atom. The van der Waals surface area contributed by atoms with Gasteiger partial charge in [0.05, 0.1) is 11.3 Å². The molecular formula is C12H18N4O3.